The van der Waals surface area contributed by atoms with Crippen LogP contribution in [0.5, 0.6) is 0 Å². The van der Waals surface area contributed by atoms with Gasteiger partial charge >= 0.3 is 0 Å². The van der Waals surface area contributed by atoms with Crippen LogP contribution >= 0.6 is 0 Å². The molecule has 0 amide bonds. The van der Waals surface area contributed by atoms with E-state index in [4.69, 9.17) is 10.2 Å². The van der Waals surface area contributed by atoms with Crippen molar-refractivity contribution in [3.8, 4) is 0 Å². The zero-order chi connectivity index (χ0) is 12.5. The van der Waals surface area contributed by atoms with Crippen LogP contribution < -0.4 is 0 Å². The van der Waals surface area contributed by atoms with E-state index in [0.29, 0.717) is 13.2 Å². The molecular weight excluding hydrogens is 200 g/mol. The number of unbranched alkanes of at least 4 members (excludes halogenated alkanes) is 8. The SMILES string of the molecule is CCCCCCCCCCO.CCCCO. The van der Waals surface area contributed by atoms with E-state index in [2.05, 4.69) is 13.8 Å². The number of hydrogen-bond acceptors (Lipinski definition) is 2. The Morgan fingerprint density at radius 3 is 1.19 bits per heavy atom. The molecule has 0 aromatic carbocycles. The predicted molar refractivity (Wildman–Crippen MR) is 71.7 cm³/mol. The number of aliphatic hydroxyl groups excluding tert-OH is 2. The Balaban J connectivity index is 0. The summed E-state index contributed by atoms with van der Waals surface area (Å²) in [4.78, 5) is 0. The van der Waals surface area contributed by atoms with Gasteiger partial charge in [-0.1, -0.05) is 65.2 Å². The number of hydrogen-bond donors (Lipinski definition) is 2. The lowest BCUT2D eigenvalue weighted by Gasteiger charge is -1.98. The molecule has 2 nitrogen and oxygen atoms in total. The maximum absolute atomic E-state index is 8.51. The molecule has 0 bridgehead atoms. The molecule has 0 spiro atoms. The first kappa shape index (κ1) is 18.3. The van der Waals surface area contributed by atoms with Crippen LogP contribution in [0.1, 0.15) is 78.1 Å². The van der Waals surface area contributed by atoms with Gasteiger partial charge in [0.1, 0.15) is 0 Å². The Kier molecular flexibility index (Phi) is 23.3. The van der Waals surface area contributed by atoms with Crippen LogP contribution in [0.15, 0.2) is 0 Å². The summed E-state index contributed by atoms with van der Waals surface area (Å²) in [6, 6.07) is 0. The highest BCUT2D eigenvalue weighted by Gasteiger charge is 1.89. The van der Waals surface area contributed by atoms with E-state index in [1.54, 1.807) is 0 Å². The zero-order valence-corrected chi connectivity index (χ0v) is 11.4. The fourth-order valence-corrected chi connectivity index (χ4v) is 1.40. The largest absolute Gasteiger partial charge is 0.396 e. The molecule has 2 heteroatoms. The van der Waals surface area contributed by atoms with Gasteiger partial charge in [0.25, 0.3) is 0 Å². The van der Waals surface area contributed by atoms with Gasteiger partial charge in [-0.2, -0.15) is 0 Å². The van der Waals surface area contributed by atoms with Gasteiger partial charge in [-0.05, 0) is 12.8 Å². The van der Waals surface area contributed by atoms with Gasteiger partial charge in [0, 0.05) is 13.2 Å². The molecule has 0 aromatic rings. The van der Waals surface area contributed by atoms with Crippen molar-refractivity contribution in [3.63, 3.8) is 0 Å². The lowest BCUT2D eigenvalue weighted by molar-refractivity contribution is 0.282. The Morgan fingerprint density at radius 1 is 0.500 bits per heavy atom. The molecule has 0 atom stereocenters. The van der Waals surface area contributed by atoms with Crippen LogP contribution in [0.2, 0.25) is 0 Å². The normalized spacial score (nSPS) is 9.75. The van der Waals surface area contributed by atoms with Gasteiger partial charge < -0.3 is 10.2 Å². The molecule has 0 heterocycles. The third kappa shape index (κ3) is 23.6. The van der Waals surface area contributed by atoms with Crippen LogP contribution in [0.25, 0.3) is 0 Å². The lowest BCUT2D eigenvalue weighted by Crippen LogP contribution is -1.83. The highest BCUT2D eigenvalue weighted by Crippen LogP contribution is 2.07. The van der Waals surface area contributed by atoms with Gasteiger partial charge in [-0.25, -0.2) is 0 Å². The molecule has 0 saturated carbocycles. The summed E-state index contributed by atoms with van der Waals surface area (Å²) in [5, 5.41) is 16.6. The highest BCUT2D eigenvalue weighted by molar-refractivity contribution is 4.44. The fourth-order valence-electron chi connectivity index (χ4n) is 1.40. The van der Waals surface area contributed by atoms with Crippen molar-refractivity contribution in [1.29, 1.82) is 0 Å². The van der Waals surface area contributed by atoms with Crippen molar-refractivity contribution in [2.75, 3.05) is 13.2 Å². The summed E-state index contributed by atoms with van der Waals surface area (Å²) in [6.07, 6.45) is 12.4. The summed E-state index contributed by atoms with van der Waals surface area (Å²) >= 11 is 0. The third-order valence-corrected chi connectivity index (χ3v) is 2.52. The van der Waals surface area contributed by atoms with E-state index in [-0.39, 0.29) is 0 Å². The molecule has 100 valence electrons. The van der Waals surface area contributed by atoms with Crippen molar-refractivity contribution in [1.82, 2.24) is 0 Å². The second-order valence-corrected chi connectivity index (χ2v) is 4.28. The van der Waals surface area contributed by atoms with Crippen LogP contribution in [0, 0.1) is 0 Å². The first-order valence-electron chi connectivity index (χ1n) is 7.05. The number of aliphatic hydroxyl groups is 2. The van der Waals surface area contributed by atoms with Gasteiger partial charge in [0.05, 0.1) is 0 Å². The summed E-state index contributed by atoms with van der Waals surface area (Å²) < 4.78 is 0. The molecule has 16 heavy (non-hydrogen) atoms. The van der Waals surface area contributed by atoms with E-state index >= 15 is 0 Å². The van der Waals surface area contributed by atoms with Crippen molar-refractivity contribution in [2.45, 2.75) is 78.1 Å². The minimum absolute atomic E-state index is 0.344. The average Bonchev–Trinajstić information content (AvgIpc) is 2.30. The molecule has 0 fully saturated rings. The zero-order valence-electron chi connectivity index (χ0n) is 11.4. The predicted octanol–water partition coefficient (Wildman–Crippen LogP) is 3.90. The summed E-state index contributed by atoms with van der Waals surface area (Å²) in [7, 11) is 0. The summed E-state index contributed by atoms with van der Waals surface area (Å²) in [6.45, 7) is 5.01. The van der Waals surface area contributed by atoms with E-state index in [9.17, 15) is 0 Å². The maximum Gasteiger partial charge on any atom is 0.0431 e. The van der Waals surface area contributed by atoms with E-state index in [1.165, 1.54) is 44.9 Å². The summed E-state index contributed by atoms with van der Waals surface area (Å²) in [5.74, 6) is 0. The van der Waals surface area contributed by atoms with E-state index < -0.39 is 0 Å². The molecule has 0 aliphatic rings. The second kappa shape index (κ2) is 20.3. The Hall–Kier alpha value is -0.0800. The molecule has 0 radical (unpaired) electrons. The molecule has 0 aliphatic carbocycles. The summed E-state index contributed by atoms with van der Waals surface area (Å²) in [5.41, 5.74) is 0. The van der Waals surface area contributed by atoms with Crippen molar-refractivity contribution in [2.24, 2.45) is 0 Å². The van der Waals surface area contributed by atoms with Crippen LogP contribution in [0.4, 0.5) is 0 Å². The molecule has 2 N–H and O–H groups in total. The molecule has 0 aliphatic heterocycles. The van der Waals surface area contributed by atoms with Crippen LogP contribution in [0.3, 0.4) is 0 Å². The monoisotopic (exact) mass is 232 g/mol. The standard InChI is InChI=1S/C10H22O.C4H10O/c1-2-3-4-5-6-7-8-9-10-11;1-2-3-4-5/h11H,2-10H2,1H3;5H,2-4H2,1H3. The lowest BCUT2D eigenvalue weighted by atomic mass is 10.1. The molecule has 0 aromatic heterocycles. The van der Waals surface area contributed by atoms with Crippen molar-refractivity contribution in [3.05, 3.63) is 0 Å². The van der Waals surface area contributed by atoms with Crippen LogP contribution in [-0.2, 0) is 0 Å². The van der Waals surface area contributed by atoms with Gasteiger partial charge in [0.15, 0.2) is 0 Å². The Labute approximate surface area is 102 Å². The first-order chi connectivity index (χ1) is 7.83. The van der Waals surface area contributed by atoms with Crippen LogP contribution in [-0.4, -0.2) is 23.4 Å². The van der Waals surface area contributed by atoms with Crippen molar-refractivity contribution < 1.29 is 10.2 Å². The Morgan fingerprint density at radius 2 is 0.875 bits per heavy atom. The van der Waals surface area contributed by atoms with Gasteiger partial charge in [-0.15, -0.1) is 0 Å². The minimum atomic E-state index is 0.344. The van der Waals surface area contributed by atoms with Crippen molar-refractivity contribution >= 4 is 0 Å². The minimum Gasteiger partial charge on any atom is -0.396 e. The molecular formula is C14H32O2. The Bertz CT molecular complexity index is 84.7. The molecule has 0 saturated heterocycles. The highest BCUT2D eigenvalue weighted by atomic mass is 16.3. The number of rotatable bonds is 10. The second-order valence-electron chi connectivity index (χ2n) is 4.28. The third-order valence-electron chi connectivity index (χ3n) is 2.52. The first-order valence-corrected chi connectivity index (χ1v) is 7.05. The maximum atomic E-state index is 8.51. The molecule has 0 unspecified atom stereocenters. The molecule has 0 rings (SSSR count). The topological polar surface area (TPSA) is 40.5 Å². The quantitative estimate of drug-likeness (QED) is 0.561. The van der Waals surface area contributed by atoms with E-state index in [0.717, 1.165) is 19.3 Å². The van der Waals surface area contributed by atoms with Gasteiger partial charge in [-0.3, -0.25) is 0 Å². The smallest absolute Gasteiger partial charge is 0.0431 e. The van der Waals surface area contributed by atoms with E-state index in [1.807, 2.05) is 0 Å². The van der Waals surface area contributed by atoms with Gasteiger partial charge in [0.2, 0.25) is 0 Å². The fraction of sp³-hybridized carbons (Fsp3) is 1.00. The average molecular weight is 232 g/mol.